The molecule has 0 aliphatic rings. The molecule has 31 heavy (non-hydrogen) atoms. The lowest BCUT2D eigenvalue weighted by Crippen LogP contribution is -2.41. The fraction of sp³-hybridized carbons (Fsp3) is 0.0500. The fourth-order valence-electron chi connectivity index (χ4n) is 2.65. The molecule has 0 heterocycles. The minimum absolute atomic E-state index is 0.140. The Morgan fingerprint density at radius 2 is 1.42 bits per heavy atom. The van der Waals surface area contributed by atoms with E-state index in [4.69, 9.17) is 21.5 Å². The van der Waals surface area contributed by atoms with Gasteiger partial charge in [-0.25, -0.2) is 13.2 Å². The first kappa shape index (κ1) is 22.6. The van der Waals surface area contributed by atoms with Crippen LogP contribution in [0.25, 0.3) is 0 Å². The number of nitrogens with zero attached hydrogens (tertiary/aromatic N) is 1. The highest BCUT2D eigenvalue weighted by Crippen LogP contribution is 2.34. The number of halogens is 1. The zero-order valence-corrected chi connectivity index (χ0v) is 18.5. The lowest BCUT2D eigenvalue weighted by Gasteiger charge is -2.22. The quantitative estimate of drug-likeness (QED) is 0.536. The van der Waals surface area contributed by atoms with E-state index in [2.05, 4.69) is 0 Å². The molecule has 0 unspecified atom stereocenters. The second kappa shape index (κ2) is 8.58. The maximum atomic E-state index is 13.1. The second-order valence-corrected chi connectivity index (χ2v) is 10.1. The van der Waals surface area contributed by atoms with Crippen LogP contribution in [0.4, 0.5) is 10.5 Å². The number of urea groups is 1. The van der Waals surface area contributed by atoms with Crippen LogP contribution in [0.5, 0.6) is 5.75 Å². The van der Waals surface area contributed by atoms with Gasteiger partial charge in [-0.05, 0) is 55.5 Å². The smallest absolute Gasteiger partial charge is 0.339 e. The number of carbonyl (C=O) groups excluding carboxylic acids is 1. The Morgan fingerprint density at radius 1 is 0.871 bits per heavy atom. The number of primary amides is 1. The normalized spacial score (nSPS) is 11.7. The first-order valence-electron chi connectivity index (χ1n) is 8.73. The molecule has 0 saturated heterocycles. The van der Waals surface area contributed by atoms with Crippen LogP contribution in [0.1, 0.15) is 5.56 Å². The van der Waals surface area contributed by atoms with Gasteiger partial charge in [0.1, 0.15) is 10.6 Å². The summed E-state index contributed by atoms with van der Waals surface area (Å²) < 4.78 is 57.0. The van der Waals surface area contributed by atoms with Crippen LogP contribution in [0.3, 0.4) is 0 Å². The van der Waals surface area contributed by atoms with Gasteiger partial charge in [-0.2, -0.15) is 12.7 Å². The summed E-state index contributed by atoms with van der Waals surface area (Å²) in [4.78, 5) is 11.7. The molecular weight excluding hydrogens is 464 g/mol. The van der Waals surface area contributed by atoms with Gasteiger partial charge in [0, 0.05) is 5.02 Å². The third kappa shape index (κ3) is 4.82. The molecule has 8 nitrogen and oxygen atoms in total. The summed E-state index contributed by atoms with van der Waals surface area (Å²) >= 11 is 5.80. The lowest BCUT2D eigenvalue weighted by atomic mass is 10.2. The number of para-hydroxylation sites is 2. The number of rotatable bonds is 6. The van der Waals surface area contributed by atoms with Gasteiger partial charge in [0.2, 0.25) is 0 Å². The molecule has 3 rings (SSSR count). The Hall–Kier alpha value is -3.08. The van der Waals surface area contributed by atoms with Gasteiger partial charge in [0.25, 0.3) is 10.0 Å². The summed E-state index contributed by atoms with van der Waals surface area (Å²) in [6.45, 7) is 1.79. The van der Waals surface area contributed by atoms with Crippen molar-refractivity contribution in [1.29, 1.82) is 0 Å². The molecule has 0 atom stereocenters. The Balaban J connectivity index is 2.09. The maximum Gasteiger partial charge on any atom is 0.339 e. The minimum Gasteiger partial charge on any atom is -0.377 e. The zero-order chi connectivity index (χ0) is 22.8. The summed E-state index contributed by atoms with van der Waals surface area (Å²) in [5, 5.41) is 0.289. The van der Waals surface area contributed by atoms with Crippen molar-refractivity contribution >= 4 is 43.5 Å². The minimum atomic E-state index is -4.49. The number of aryl methyl sites for hydroxylation is 1. The van der Waals surface area contributed by atoms with E-state index in [1.54, 1.807) is 19.1 Å². The van der Waals surface area contributed by atoms with Gasteiger partial charge in [0.05, 0.1) is 4.90 Å². The highest BCUT2D eigenvalue weighted by molar-refractivity contribution is 7.93. The van der Waals surface area contributed by atoms with Gasteiger partial charge in [-0.3, -0.25) is 0 Å². The summed E-state index contributed by atoms with van der Waals surface area (Å²) in [5.74, 6) is -0.389. The predicted molar refractivity (Wildman–Crippen MR) is 116 cm³/mol. The van der Waals surface area contributed by atoms with Gasteiger partial charge >= 0.3 is 16.1 Å². The van der Waals surface area contributed by atoms with E-state index in [1.807, 2.05) is 0 Å². The Bertz CT molecular complexity index is 1320. The molecule has 0 aromatic heterocycles. The van der Waals surface area contributed by atoms with E-state index < -0.39 is 26.2 Å². The van der Waals surface area contributed by atoms with E-state index in [9.17, 15) is 21.6 Å². The van der Waals surface area contributed by atoms with Crippen LogP contribution in [-0.4, -0.2) is 22.9 Å². The molecule has 2 amide bonds. The van der Waals surface area contributed by atoms with E-state index in [0.29, 0.717) is 0 Å². The molecule has 11 heteroatoms. The molecule has 0 fully saturated rings. The van der Waals surface area contributed by atoms with Gasteiger partial charge < -0.3 is 9.92 Å². The maximum absolute atomic E-state index is 13.1. The lowest BCUT2D eigenvalue weighted by molar-refractivity contribution is 0.256. The Labute approximate surface area is 185 Å². The number of anilines is 1. The largest absolute Gasteiger partial charge is 0.377 e. The Kier molecular flexibility index (Phi) is 6.25. The highest BCUT2D eigenvalue weighted by atomic mass is 35.5. The standard InChI is InChI=1S/C20H17ClN2O6S2/c1-14-6-10-17(11-7-14)31(27,28)29-19-5-3-2-4-18(19)23(20(22)24)30(25,26)16-12-8-15(21)9-13-16/h2-13H,1H3,(H2,22,24). The third-order valence-corrected chi connectivity index (χ3v) is 7.37. The molecular formula is C20H17ClN2O6S2. The molecule has 2 N–H and O–H groups in total. The van der Waals surface area contributed by atoms with E-state index >= 15 is 0 Å². The van der Waals surface area contributed by atoms with Gasteiger partial charge in [0.15, 0.2) is 5.75 Å². The van der Waals surface area contributed by atoms with Crippen LogP contribution < -0.4 is 14.2 Å². The van der Waals surface area contributed by atoms with E-state index in [0.717, 1.165) is 5.56 Å². The van der Waals surface area contributed by atoms with Crippen molar-refractivity contribution in [1.82, 2.24) is 0 Å². The van der Waals surface area contributed by atoms with Crippen molar-refractivity contribution < 1.29 is 25.8 Å². The molecule has 162 valence electrons. The molecule has 0 aliphatic heterocycles. The van der Waals surface area contributed by atoms with Crippen molar-refractivity contribution in [2.24, 2.45) is 5.73 Å². The average molecular weight is 481 g/mol. The predicted octanol–water partition coefficient (Wildman–Crippen LogP) is 3.69. The van der Waals surface area contributed by atoms with E-state index in [1.165, 1.54) is 60.7 Å². The third-order valence-electron chi connectivity index (χ3n) is 4.15. The first-order chi connectivity index (χ1) is 14.5. The number of sulfonamides is 1. The Morgan fingerprint density at radius 3 is 2.00 bits per heavy atom. The van der Waals surface area contributed by atoms with Crippen molar-refractivity contribution in [3.05, 3.63) is 83.4 Å². The second-order valence-electron chi connectivity index (χ2n) is 6.38. The molecule has 0 radical (unpaired) electrons. The molecule has 0 saturated carbocycles. The van der Waals surface area contributed by atoms with Crippen molar-refractivity contribution in [3.8, 4) is 5.75 Å². The van der Waals surface area contributed by atoms with Crippen LogP contribution in [0.15, 0.2) is 82.6 Å². The first-order valence-corrected chi connectivity index (χ1v) is 12.0. The summed E-state index contributed by atoms with van der Waals surface area (Å²) in [5.41, 5.74) is 5.84. The summed E-state index contributed by atoms with van der Waals surface area (Å²) in [6, 6.07) is 14.8. The number of benzene rings is 3. The average Bonchev–Trinajstić information content (AvgIpc) is 2.69. The number of amides is 2. The molecule has 3 aromatic carbocycles. The van der Waals surface area contributed by atoms with Crippen LogP contribution in [-0.2, 0) is 20.1 Å². The topological polar surface area (TPSA) is 124 Å². The number of hydrogen-bond donors (Lipinski definition) is 1. The molecule has 3 aromatic rings. The molecule has 0 aliphatic carbocycles. The highest BCUT2D eigenvalue weighted by Gasteiger charge is 2.33. The van der Waals surface area contributed by atoms with Crippen molar-refractivity contribution in [2.75, 3.05) is 4.31 Å². The van der Waals surface area contributed by atoms with Crippen LogP contribution in [0, 0.1) is 6.92 Å². The number of carbonyl (C=O) groups is 1. The number of nitrogens with two attached hydrogens (primary N) is 1. The SMILES string of the molecule is Cc1ccc(S(=O)(=O)Oc2ccccc2N(C(N)=O)S(=O)(=O)c2ccc(Cl)cc2)cc1. The summed E-state index contributed by atoms with van der Waals surface area (Å²) in [6.07, 6.45) is 0. The molecule has 0 spiro atoms. The van der Waals surface area contributed by atoms with Crippen molar-refractivity contribution in [2.45, 2.75) is 16.7 Å². The van der Waals surface area contributed by atoms with Crippen LogP contribution >= 0.6 is 11.6 Å². The van der Waals surface area contributed by atoms with Gasteiger partial charge in [-0.15, -0.1) is 0 Å². The van der Waals surface area contributed by atoms with Gasteiger partial charge in [-0.1, -0.05) is 41.4 Å². The number of hydrogen-bond acceptors (Lipinski definition) is 6. The zero-order valence-electron chi connectivity index (χ0n) is 16.1. The monoisotopic (exact) mass is 480 g/mol. The summed E-state index contributed by atoms with van der Waals surface area (Å²) in [7, 11) is -8.81. The fourth-order valence-corrected chi connectivity index (χ4v) is 5.05. The molecule has 0 bridgehead atoms. The van der Waals surface area contributed by atoms with Crippen LogP contribution in [0.2, 0.25) is 5.02 Å². The van der Waals surface area contributed by atoms with E-state index in [-0.39, 0.29) is 30.6 Å². The van der Waals surface area contributed by atoms with Crippen molar-refractivity contribution in [3.63, 3.8) is 0 Å².